The second-order valence-electron chi connectivity index (χ2n) is 5.58. The van der Waals surface area contributed by atoms with E-state index in [1.807, 2.05) is 17.0 Å². The van der Waals surface area contributed by atoms with Crippen LogP contribution >= 0.6 is 0 Å². The predicted molar refractivity (Wildman–Crippen MR) is 70.2 cm³/mol. The molecule has 3 heteroatoms. The van der Waals surface area contributed by atoms with Crippen molar-refractivity contribution in [3.8, 4) is 0 Å². The van der Waals surface area contributed by atoms with Gasteiger partial charge in [-0.2, -0.15) is 0 Å². The van der Waals surface area contributed by atoms with Gasteiger partial charge in [0.05, 0.1) is 0 Å². The highest BCUT2D eigenvalue weighted by Crippen LogP contribution is 2.36. The van der Waals surface area contributed by atoms with E-state index in [9.17, 15) is 4.79 Å². The van der Waals surface area contributed by atoms with Crippen LogP contribution in [0.5, 0.6) is 0 Å². The van der Waals surface area contributed by atoms with Crippen molar-refractivity contribution in [2.75, 3.05) is 13.1 Å². The van der Waals surface area contributed by atoms with Crippen molar-refractivity contribution in [1.29, 1.82) is 0 Å². The van der Waals surface area contributed by atoms with Gasteiger partial charge in [-0.05, 0) is 36.8 Å². The van der Waals surface area contributed by atoms with Crippen LogP contribution in [0.15, 0.2) is 24.5 Å². The monoisotopic (exact) mass is 244 g/mol. The molecule has 1 aliphatic carbocycles. The zero-order valence-electron chi connectivity index (χ0n) is 10.7. The van der Waals surface area contributed by atoms with Crippen LogP contribution in [0.3, 0.4) is 0 Å². The maximum Gasteiger partial charge on any atom is 0.253 e. The van der Waals surface area contributed by atoms with Crippen molar-refractivity contribution in [1.82, 2.24) is 9.88 Å². The van der Waals surface area contributed by atoms with Gasteiger partial charge in [0.15, 0.2) is 0 Å². The molecule has 0 unspecified atom stereocenters. The fourth-order valence-electron chi connectivity index (χ4n) is 3.46. The molecule has 0 bridgehead atoms. The molecule has 3 rings (SSSR count). The quantitative estimate of drug-likeness (QED) is 0.761. The second-order valence-corrected chi connectivity index (χ2v) is 5.58. The number of fused-ring (bicyclic) bond motifs is 1. The molecule has 18 heavy (non-hydrogen) atoms. The zero-order chi connectivity index (χ0) is 12.4. The largest absolute Gasteiger partial charge is 0.338 e. The average molecular weight is 244 g/mol. The molecule has 1 aromatic heterocycles. The Morgan fingerprint density at radius 2 is 1.83 bits per heavy atom. The third-order valence-corrected chi connectivity index (χ3v) is 4.51. The van der Waals surface area contributed by atoms with Gasteiger partial charge >= 0.3 is 0 Å². The smallest absolute Gasteiger partial charge is 0.253 e. The van der Waals surface area contributed by atoms with Gasteiger partial charge in [-0.15, -0.1) is 0 Å². The van der Waals surface area contributed by atoms with Crippen LogP contribution in [0.2, 0.25) is 0 Å². The maximum absolute atomic E-state index is 12.4. The lowest BCUT2D eigenvalue weighted by Gasteiger charge is -2.41. The van der Waals surface area contributed by atoms with E-state index in [1.54, 1.807) is 12.4 Å². The molecule has 3 nitrogen and oxygen atoms in total. The van der Waals surface area contributed by atoms with Crippen molar-refractivity contribution in [3.63, 3.8) is 0 Å². The summed E-state index contributed by atoms with van der Waals surface area (Å²) in [5.41, 5.74) is 0.777. The van der Waals surface area contributed by atoms with Gasteiger partial charge in [0.2, 0.25) is 0 Å². The lowest BCUT2D eigenvalue weighted by atomic mass is 9.75. The minimum absolute atomic E-state index is 0.182. The van der Waals surface area contributed by atoms with E-state index < -0.39 is 0 Å². The van der Waals surface area contributed by atoms with Crippen LogP contribution < -0.4 is 0 Å². The molecule has 0 radical (unpaired) electrons. The van der Waals surface area contributed by atoms with Gasteiger partial charge in [-0.3, -0.25) is 9.78 Å². The summed E-state index contributed by atoms with van der Waals surface area (Å²) >= 11 is 0. The fourth-order valence-corrected chi connectivity index (χ4v) is 3.46. The molecule has 1 aliphatic heterocycles. The van der Waals surface area contributed by atoms with Crippen LogP contribution in [0.4, 0.5) is 0 Å². The molecular formula is C15H20N2O. The summed E-state index contributed by atoms with van der Waals surface area (Å²) < 4.78 is 0. The van der Waals surface area contributed by atoms with Crippen molar-refractivity contribution >= 4 is 5.91 Å². The van der Waals surface area contributed by atoms with Crippen LogP contribution in [-0.2, 0) is 0 Å². The Bertz CT molecular complexity index is 418. The molecule has 2 heterocycles. The van der Waals surface area contributed by atoms with Gasteiger partial charge in [0.25, 0.3) is 5.91 Å². The van der Waals surface area contributed by atoms with Crippen molar-refractivity contribution in [2.45, 2.75) is 32.1 Å². The molecule has 1 saturated carbocycles. The third kappa shape index (κ3) is 2.26. The van der Waals surface area contributed by atoms with Crippen LogP contribution in [0, 0.1) is 11.8 Å². The fraction of sp³-hybridized carbons (Fsp3) is 0.600. The van der Waals surface area contributed by atoms with Gasteiger partial charge in [0.1, 0.15) is 0 Å². The molecule has 2 atom stereocenters. The van der Waals surface area contributed by atoms with E-state index in [4.69, 9.17) is 0 Å². The van der Waals surface area contributed by atoms with Crippen molar-refractivity contribution in [2.24, 2.45) is 11.8 Å². The number of carbonyl (C=O) groups excluding carboxylic acids is 1. The first kappa shape index (κ1) is 11.7. The van der Waals surface area contributed by atoms with Crippen molar-refractivity contribution in [3.05, 3.63) is 30.1 Å². The second kappa shape index (κ2) is 5.09. The topological polar surface area (TPSA) is 33.2 Å². The number of pyridine rings is 1. The molecular weight excluding hydrogens is 224 g/mol. The minimum Gasteiger partial charge on any atom is -0.338 e. The zero-order valence-corrected chi connectivity index (χ0v) is 10.7. The lowest BCUT2D eigenvalue weighted by molar-refractivity contribution is 0.0521. The Balaban J connectivity index is 1.69. The summed E-state index contributed by atoms with van der Waals surface area (Å²) in [5.74, 6) is 1.81. The molecule has 96 valence electrons. The number of carbonyl (C=O) groups is 1. The van der Waals surface area contributed by atoms with Crippen LogP contribution in [0.1, 0.15) is 42.5 Å². The molecule has 1 saturated heterocycles. The summed E-state index contributed by atoms with van der Waals surface area (Å²) in [6, 6.07) is 3.63. The molecule has 0 N–H and O–H groups in total. The van der Waals surface area contributed by atoms with Crippen molar-refractivity contribution < 1.29 is 4.79 Å². The van der Waals surface area contributed by atoms with Crippen LogP contribution in [0.25, 0.3) is 0 Å². The summed E-state index contributed by atoms with van der Waals surface area (Å²) in [5, 5.41) is 0. The van der Waals surface area contributed by atoms with E-state index in [0.717, 1.165) is 30.5 Å². The van der Waals surface area contributed by atoms with Gasteiger partial charge in [0, 0.05) is 31.0 Å². The summed E-state index contributed by atoms with van der Waals surface area (Å²) in [4.78, 5) is 18.4. The Labute approximate surface area is 108 Å². The molecule has 2 aliphatic rings. The number of nitrogens with zero attached hydrogens (tertiary/aromatic N) is 2. The number of aromatic nitrogens is 1. The first-order chi connectivity index (χ1) is 8.84. The third-order valence-electron chi connectivity index (χ3n) is 4.51. The van der Waals surface area contributed by atoms with E-state index in [-0.39, 0.29) is 5.91 Å². The highest BCUT2D eigenvalue weighted by molar-refractivity contribution is 5.94. The minimum atomic E-state index is 0.182. The highest BCUT2D eigenvalue weighted by Gasteiger charge is 2.33. The number of amides is 1. The Morgan fingerprint density at radius 3 is 2.61 bits per heavy atom. The van der Waals surface area contributed by atoms with Gasteiger partial charge < -0.3 is 4.90 Å². The Kier molecular flexibility index (Phi) is 3.31. The van der Waals surface area contributed by atoms with Crippen LogP contribution in [-0.4, -0.2) is 28.9 Å². The summed E-state index contributed by atoms with van der Waals surface area (Å²) in [6.07, 6.45) is 10.0. The van der Waals surface area contributed by atoms with E-state index in [0.29, 0.717) is 0 Å². The first-order valence-corrected chi connectivity index (χ1v) is 7.04. The number of rotatable bonds is 1. The van der Waals surface area contributed by atoms with E-state index in [1.165, 1.54) is 32.1 Å². The average Bonchev–Trinajstić information content (AvgIpc) is 2.47. The van der Waals surface area contributed by atoms with Gasteiger partial charge in [-0.1, -0.05) is 19.3 Å². The number of hydrogen-bond donors (Lipinski definition) is 0. The Morgan fingerprint density at radius 1 is 1.11 bits per heavy atom. The lowest BCUT2D eigenvalue weighted by Crippen LogP contribution is -2.44. The number of likely N-dealkylation sites (tertiary alicyclic amines) is 1. The maximum atomic E-state index is 12.4. The first-order valence-electron chi connectivity index (χ1n) is 7.04. The standard InChI is InChI=1S/C15H20N2O/c18-15(13-5-8-16-9-6-13)17-10-7-12-3-1-2-4-14(12)11-17/h5-6,8-9,12,14H,1-4,7,10-11H2/t12-,14+/m1/s1. The molecule has 1 aromatic rings. The summed E-state index contributed by atoms with van der Waals surface area (Å²) in [6.45, 7) is 1.90. The SMILES string of the molecule is O=C(c1ccncc1)N1CC[C@H]2CCCC[C@H]2C1. The molecule has 1 amide bonds. The molecule has 0 aromatic carbocycles. The number of hydrogen-bond acceptors (Lipinski definition) is 2. The number of piperidine rings is 1. The molecule has 2 fully saturated rings. The van der Waals surface area contributed by atoms with E-state index >= 15 is 0 Å². The summed E-state index contributed by atoms with van der Waals surface area (Å²) in [7, 11) is 0. The normalized spacial score (nSPS) is 27.7. The Hall–Kier alpha value is -1.38. The predicted octanol–water partition coefficient (Wildman–Crippen LogP) is 2.73. The molecule has 0 spiro atoms. The highest BCUT2D eigenvalue weighted by atomic mass is 16.2. The van der Waals surface area contributed by atoms with E-state index in [2.05, 4.69) is 4.98 Å². The van der Waals surface area contributed by atoms with Gasteiger partial charge in [-0.25, -0.2) is 0 Å².